The third kappa shape index (κ3) is 8.49. The Kier molecular flexibility index (Phi) is 10.7. The Morgan fingerprint density at radius 3 is 1.62 bits per heavy atom. The summed E-state index contributed by atoms with van der Waals surface area (Å²) in [5.41, 5.74) is 18.9. The number of nitrogens with zero attached hydrogens (tertiary/aromatic N) is 3. The Hall–Kier alpha value is -9.56. The van der Waals surface area contributed by atoms with Gasteiger partial charge in [0.2, 0.25) is 0 Å². The molecule has 0 fully saturated rings. The molecule has 5 nitrogen and oxygen atoms in total. The van der Waals surface area contributed by atoms with Crippen LogP contribution in [0.5, 0.6) is 0 Å². The molecule has 0 saturated heterocycles. The van der Waals surface area contributed by atoms with Crippen molar-refractivity contribution in [3.63, 3.8) is 0 Å². The maximum absolute atomic E-state index is 9.74. The lowest BCUT2D eigenvalue weighted by Gasteiger charge is -2.43. The maximum Gasteiger partial charge on any atom is 0.264 e. The summed E-state index contributed by atoms with van der Waals surface area (Å²) >= 11 is 1.80. The number of furan rings is 2. The lowest BCUT2D eigenvalue weighted by molar-refractivity contribution is 0.590. The highest BCUT2D eigenvalue weighted by atomic mass is 32.1. The van der Waals surface area contributed by atoms with Gasteiger partial charge in [-0.05, 0) is 145 Å². The summed E-state index contributed by atoms with van der Waals surface area (Å²) < 4.78 is 63.1. The number of thiophene rings is 1. The van der Waals surface area contributed by atoms with Crippen molar-refractivity contribution in [1.82, 2.24) is 0 Å². The van der Waals surface area contributed by atoms with Crippen LogP contribution in [-0.2, 0) is 16.2 Å². The molecule has 422 valence electrons. The second-order valence-corrected chi connectivity index (χ2v) is 27.6. The number of para-hydroxylation sites is 4. The zero-order valence-corrected chi connectivity index (χ0v) is 51.1. The van der Waals surface area contributed by atoms with E-state index in [2.05, 4.69) is 247 Å². The van der Waals surface area contributed by atoms with Crippen LogP contribution in [0.4, 0.5) is 51.2 Å². The first kappa shape index (κ1) is 47.7. The number of hydrogen-bond acceptors (Lipinski definition) is 6. The van der Waals surface area contributed by atoms with Crippen molar-refractivity contribution in [1.29, 1.82) is 0 Å². The highest BCUT2D eigenvalue weighted by Crippen LogP contribution is 2.54. The van der Waals surface area contributed by atoms with Gasteiger partial charge in [-0.2, -0.15) is 0 Å². The van der Waals surface area contributed by atoms with Gasteiger partial charge in [0.1, 0.15) is 11.2 Å². The van der Waals surface area contributed by atoms with Crippen LogP contribution < -0.4 is 30.4 Å². The lowest BCUT2D eigenvalue weighted by Crippen LogP contribution is -2.60. The normalized spacial score (nSPS) is 14.1. The van der Waals surface area contributed by atoms with Gasteiger partial charge >= 0.3 is 0 Å². The highest BCUT2D eigenvalue weighted by Gasteiger charge is 2.47. The summed E-state index contributed by atoms with van der Waals surface area (Å²) in [4.78, 5) is 7.09. The van der Waals surface area contributed by atoms with E-state index in [9.17, 15) is 5.48 Å². The first-order chi connectivity index (χ1) is 44.1. The van der Waals surface area contributed by atoms with Crippen LogP contribution in [0.3, 0.4) is 0 Å². The molecule has 0 amide bonds. The molecule has 14 aromatic rings. The van der Waals surface area contributed by atoms with Crippen molar-refractivity contribution in [2.45, 2.75) is 78.6 Å². The molecule has 2 aliphatic rings. The average Bonchev–Trinajstić information content (AvgIpc) is 1.25. The van der Waals surface area contributed by atoms with Gasteiger partial charge in [0.05, 0.1) is 29.6 Å². The first-order valence-electron chi connectivity index (χ1n) is 32.6. The first-order valence-corrected chi connectivity index (χ1v) is 30.9. The Balaban J connectivity index is 1.07. The fraction of sp³-hybridized carbons (Fsp3) is 0.150. The quantitative estimate of drug-likeness (QED) is 0.149. The van der Waals surface area contributed by atoms with E-state index in [4.69, 9.17) is 10.2 Å². The maximum atomic E-state index is 9.74. The largest absolute Gasteiger partial charge is 0.454 e. The molecule has 0 unspecified atom stereocenters. The monoisotopic (exact) mass is 1150 g/mol. The summed E-state index contributed by atoms with van der Waals surface area (Å²) in [7, 11) is 0. The molecule has 0 bridgehead atoms. The van der Waals surface area contributed by atoms with E-state index in [1.54, 1.807) is 11.3 Å². The fourth-order valence-corrected chi connectivity index (χ4v) is 14.8. The van der Waals surface area contributed by atoms with Crippen molar-refractivity contribution >= 4 is 139 Å². The molecule has 0 spiro atoms. The van der Waals surface area contributed by atoms with Gasteiger partial charge in [0.15, 0.2) is 11.2 Å². The predicted molar refractivity (Wildman–Crippen MR) is 372 cm³/mol. The molecule has 2 aliphatic heterocycles. The Bertz CT molecular complexity index is 5370. The second kappa shape index (κ2) is 19.5. The fourth-order valence-electron chi connectivity index (χ4n) is 13.5. The summed E-state index contributed by atoms with van der Waals surface area (Å²) in [5, 5.41) is 4.96. The number of benzene rings is 11. The van der Waals surface area contributed by atoms with Gasteiger partial charge in [0, 0.05) is 70.4 Å². The van der Waals surface area contributed by atoms with Crippen molar-refractivity contribution in [2.75, 3.05) is 14.7 Å². The average molecular weight is 1150 g/mol. The second-order valence-electron chi connectivity index (χ2n) is 26.5. The van der Waals surface area contributed by atoms with Crippen LogP contribution in [0, 0.1) is 0 Å². The number of fused-ring (bicyclic) bond motifs is 12. The van der Waals surface area contributed by atoms with Crippen molar-refractivity contribution in [3.05, 3.63) is 253 Å². The molecule has 0 atom stereocenters. The molecule has 11 aromatic carbocycles. The van der Waals surface area contributed by atoms with Gasteiger partial charge in [-0.15, -0.1) is 11.3 Å². The molecule has 0 saturated carbocycles. The van der Waals surface area contributed by atoms with Crippen LogP contribution in [-0.4, -0.2) is 6.71 Å². The van der Waals surface area contributed by atoms with Gasteiger partial charge < -0.3 is 23.5 Å². The predicted octanol–water partition coefficient (Wildman–Crippen LogP) is 21.5. The van der Waals surface area contributed by atoms with E-state index >= 15 is 0 Å². The minimum absolute atomic E-state index is 0.0922. The molecule has 16 rings (SSSR count). The third-order valence-electron chi connectivity index (χ3n) is 18.0. The minimum atomic E-state index is -0.453. The standard InChI is InChI=1S/C80H66BN3O2S/c1-78(2,3)52-34-38-55(39-35-52)82(64-42-36-53(79(4,5)6)46-61(64)50-24-14-11-15-25-50)56-40-41-63-67(48-56)83(65-30-20-28-59-57-26-16-18-32-70(57)85-75(59)65)68-44-51(49-22-12-10-13-23-49)45-69-73(68)81(63)77-74(62-47-54(80(7,8)9)37-43-72(62)87-77)84(69)66-31-21-29-60-58-27-17-19-33-71(58)86-76(60)66/h10-48H,1-9H3/i10D,12D,13D,22D,23D. The lowest BCUT2D eigenvalue weighted by atomic mass is 9.36. The zero-order chi connectivity index (χ0) is 63.6. The topological polar surface area (TPSA) is 36.0 Å². The summed E-state index contributed by atoms with van der Waals surface area (Å²) in [6, 6.07) is 71.8. The Morgan fingerprint density at radius 1 is 0.425 bits per heavy atom. The van der Waals surface area contributed by atoms with Crippen molar-refractivity contribution < 1.29 is 15.7 Å². The molecule has 0 radical (unpaired) electrons. The Morgan fingerprint density at radius 2 is 0.977 bits per heavy atom. The van der Waals surface area contributed by atoms with Gasteiger partial charge in [-0.1, -0.05) is 214 Å². The van der Waals surface area contributed by atoms with E-state index in [0.29, 0.717) is 16.7 Å². The molecular weight excluding hydrogens is 1080 g/mol. The SMILES string of the molecule is [2H]c1c([2H])c([2H])c(-c2cc3c4c(c2)N(c2cccc5c2oc2ccccc25)c2c(sc5ccc(C(C)(C)C)cc25)B4c2ccc(N(c4ccc(C(C)(C)C)cc4)c4ccc(C(C)(C)C)cc4-c4ccccc4)cc2N3c2cccc3c2oc2ccccc23)c([2H])c1[2H]. The zero-order valence-electron chi connectivity index (χ0n) is 55.3. The summed E-state index contributed by atoms with van der Waals surface area (Å²) in [6.07, 6.45) is 0. The van der Waals surface area contributed by atoms with Crippen LogP contribution >= 0.6 is 11.3 Å². The summed E-state index contributed by atoms with van der Waals surface area (Å²) in [5.74, 6) is 0. The van der Waals surface area contributed by atoms with Crippen LogP contribution in [0.15, 0.2) is 245 Å². The van der Waals surface area contributed by atoms with Crippen LogP contribution in [0.25, 0.3) is 76.2 Å². The smallest absolute Gasteiger partial charge is 0.264 e. The van der Waals surface area contributed by atoms with Crippen LogP contribution in [0.2, 0.25) is 0 Å². The van der Waals surface area contributed by atoms with E-state index in [1.165, 1.54) is 16.7 Å². The third-order valence-corrected chi connectivity index (χ3v) is 19.2. The number of rotatable bonds is 7. The van der Waals surface area contributed by atoms with E-state index < -0.39 is 18.1 Å². The molecule has 3 aromatic heterocycles. The molecule has 87 heavy (non-hydrogen) atoms. The minimum Gasteiger partial charge on any atom is -0.454 e. The summed E-state index contributed by atoms with van der Waals surface area (Å²) in [6.45, 7) is 19.9. The van der Waals surface area contributed by atoms with Gasteiger partial charge in [-0.3, -0.25) is 0 Å². The van der Waals surface area contributed by atoms with Crippen LogP contribution in [0.1, 0.15) is 85.9 Å². The molecular formula is C80H66BN3O2S. The van der Waals surface area contributed by atoms with Gasteiger partial charge in [-0.25, -0.2) is 0 Å². The Labute approximate surface area is 520 Å². The number of hydrogen-bond donors (Lipinski definition) is 0. The highest BCUT2D eigenvalue weighted by molar-refractivity contribution is 7.33. The molecule has 0 aliphatic carbocycles. The van der Waals surface area contributed by atoms with Crippen molar-refractivity contribution in [2.24, 2.45) is 0 Å². The molecule has 7 heteroatoms. The molecule has 0 N–H and O–H groups in total. The number of anilines is 9. The van der Waals surface area contributed by atoms with E-state index in [-0.39, 0.29) is 40.6 Å². The van der Waals surface area contributed by atoms with E-state index in [0.717, 1.165) is 121 Å². The molecule has 5 heterocycles. The van der Waals surface area contributed by atoms with Crippen molar-refractivity contribution in [3.8, 4) is 22.3 Å². The van der Waals surface area contributed by atoms with Gasteiger partial charge in [0.25, 0.3) is 6.71 Å². The van der Waals surface area contributed by atoms with E-state index in [1.807, 2.05) is 36.4 Å².